The van der Waals surface area contributed by atoms with E-state index in [-0.39, 0.29) is 23.2 Å². The topological polar surface area (TPSA) is 101 Å². The third-order valence-corrected chi connectivity index (χ3v) is 4.17. The maximum absolute atomic E-state index is 11.5. The van der Waals surface area contributed by atoms with Gasteiger partial charge in [-0.3, -0.25) is 9.59 Å². The standard InChI is InChI=1S/C18H20ClN3O4/c1-26-13-7-5-12(6-8-13)16(20-9-3-2-4-15(24)25)17-14(10-23)18(19)22-11-21-17/h5-8,10-11,16,20H,2-4,9H2,1H3,(H,24,25). The van der Waals surface area contributed by atoms with E-state index in [1.165, 1.54) is 6.33 Å². The quantitative estimate of drug-likeness (QED) is 0.373. The third kappa shape index (κ3) is 5.24. The summed E-state index contributed by atoms with van der Waals surface area (Å²) < 4.78 is 5.18. The molecule has 0 fully saturated rings. The van der Waals surface area contributed by atoms with E-state index in [0.717, 1.165) is 5.56 Å². The molecule has 7 nitrogen and oxygen atoms in total. The van der Waals surface area contributed by atoms with E-state index in [9.17, 15) is 9.59 Å². The van der Waals surface area contributed by atoms with Crippen molar-refractivity contribution in [2.75, 3.05) is 13.7 Å². The van der Waals surface area contributed by atoms with Gasteiger partial charge in [-0.15, -0.1) is 0 Å². The van der Waals surface area contributed by atoms with E-state index >= 15 is 0 Å². The maximum atomic E-state index is 11.5. The summed E-state index contributed by atoms with van der Waals surface area (Å²) in [6, 6.07) is 7.00. The number of nitrogens with one attached hydrogen (secondary N) is 1. The number of unbranched alkanes of at least 4 members (excludes halogenated alkanes) is 1. The number of halogens is 1. The highest BCUT2D eigenvalue weighted by Gasteiger charge is 2.21. The molecule has 2 N–H and O–H groups in total. The molecule has 8 heteroatoms. The van der Waals surface area contributed by atoms with Crippen molar-refractivity contribution in [1.29, 1.82) is 0 Å². The Morgan fingerprint density at radius 3 is 2.65 bits per heavy atom. The van der Waals surface area contributed by atoms with Gasteiger partial charge in [0.05, 0.1) is 24.4 Å². The lowest BCUT2D eigenvalue weighted by Crippen LogP contribution is -2.26. The Bertz CT molecular complexity index is 753. The number of benzene rings is 1. The van der Waals surface area contributed by atoms with E-state index in [0.29, 0.717) is 37.1 Å². The molecular weight excluding hydrogens is 358 g/mol. The molecule has 26 heavy (non-hydrogen) atoms. The van der Waals surface area contributed by atoms with Crippen molar-refractivity contribution in [3.8, 4) is 5.75 Å². The van der Waals surface area contributed by atoms with Crippen molar-refractivity contribution < 1.29 is 19.4 Å². The largest absolute Gasteiger partial charge is 0.497 e. The molecule has 138 valence electrons. The summed E-state index contributed by atoms with van der Waals surface area (Å²) in [5, 5.41) is 12.1. The number of aliphatic carboxylic acids is 1. The van der Waals surface area contributed by atoms with Crippen LogP contribution in [0.1, 0.15) is 46.9 Å². The van der Waals surface area contributed by atoms with Crippen molar-refractivity contribution in [3.63, 3.8) is 0 Å². The number of rotatable bonds is 10. The molecule has 1 aromatic heterocycles. The SMILES string of the molecule is COc1ccc(C(NCCCCC(=O)O)c2ncnc(Cl)c2C=O)cc1. The molecule has 1 aromatic carbocycles. The number of carbonyl (C=O) groups is 2. The van der Waals surface area contributed by atoms with Gasteiger partial charge in [0.1, 0.15) is 17.2 Å². The number of aldehydes is 1. The molecule has 0 bridgehead atoms. The lowest BCUT2D eigenvalue weighted by Gasteiger charge is -2.20. The first kappa shape index (κ1) is 19.8. The van der Waals surface area contributed by atoms with Crippen molar-refractivity contribution in [2.24, 2.45) is 0 Å². The van der Waals surface area contributed by atoms with Crippen LogP contribution in [0.25, 0.3) is 0 Å². The second kappa shape index (κ2) is 9.84. The second-order valence-corrected chi connectivity index (χ2v) is 5.95. The van der Waals surface area contributed by atoms with Crippen LogP contribution >= 0.6 is 11.6 Å². The molecule has 0 saturated heterocycles. The van der Waals surface area contributed by atoms with E-state index in [1.807, 2.05) is 24.3 Å². The van der Waals surface area contributed by atoms with Crippen LogP contribution in [-0.4, -0.2) is 41.0 Å². The molecule has 0 spiro atoms. The fourth-order valence-electron chi connectivity index (χ4n) is 2.54. The fraction of sp³-hybridized carbons (Fsp3) is 0.333. The predicted molar refractivity (Wildman–Crippen MR) is 96.8 cm³/mol. The summed E-state index contributed by atoms with van der Waals surface area (Å²) in [6.07, 6.45) is 3.30. The highest BCUT2D eigenvalue weighted by molar-refractivity contribution is 6.31. The van der Waals surface area contributed by atoms with Gasteiger partial charge in [-0.1, -0.05) is 23.7 Å². The van der Waals surface area contributed by atoms with Crippen molar-refractivity contribution in [3.05, 3.63) is 52.6 Å². The van der Waals surface area contributed by atoms with Crippen molar-refractivity contribution in [2.45, 2.75) is 25.3 Å². The molecular formula is C18H20ClN3O4. The van der Waals surface area contributed by atoms with Crippen LogP contribution in [0.2, 0.25) is 5.15 Å². The Labute approximate surface area is 156 Å². The molecule has 0 aliphatic rings. The lowest BCUT2D eigenvalue weighted by molar-refractivity contribution is -0.137. The zero-order valence-corrected chi connectivity index (χ0v) is 15.1. The van der Waals surface area contributed by atoms with E-state index in [2.05, 4.69) is 15.3 Å². The summed E-state index contributed by atoms with van der Waals surface area (Å²) in [7, 11) is 1.59. The Kier molecular flexibility index (Phi) is 7.50. The zero-order chi connectivity index (χ0) is 18.9. The number of carboxylic acid groups (broad SMARTS) is 1. The molecule has 1 unspecified atom stereocenters. The third-order valence-electron chi connectivity index (χ3n) is 3.87. The summed E-state index contributed by atoms with van der Waals surface area (Å²) in [6.45, 7) is 0.559. The zero-order valence-electron chi connectivity index (χ0n) is 14.3. The first-order valence-corrected chi connectivity index (χ1v) is 8.49. The molecule has 0 amide bonds. The van der Waals surface area contributed by atoms with Gasteiger partial charge in [-0.2, -0.15) is 0 Å². The van der Waals surface area contributed by atoms with Crippen LogP contribution in [0.4, 0.5) is 0 Å². The Balaban J connectivity index is 2.25. The summed E-state index contributed by atoms with van der Waals surface area (Å²) in [5.41, 5.74) is 1.58. The number of nitrogens with zero attached hydrogens (tertiary/aromatic N) is 2. The van der Waals surface area contributed by atoms with Gasteiger partial charge < -0.3 is 15.2 Å². The van der Waals surface area contributed by atoms with Gasteiger partial charge in [-0.25, -0.2) is 9.97 Å². The molecule has 1 atom stereocenters. The van der Waals surface area contributed by atoms with Crippen molar-refractivity contribution in [1.82, 2.24) is 15.3 Å². The number of hydrogen-bond donors (Lipinski definition) is 2. The predicted octanol–water partition coefficient (Wildman–Crippen LogP) is 2.89. The normalized spacial score (nSPS) is 11.8. The number of carbonyl (C=O) groups excluding carboxylic acids is 1. The van der Waals surface area contributed by atoms with E-state index < -0.39 is 5.97 Å². The Morgan fingerprint density at radius 2 is 2.04 bits per heavy atom. The fourth-order valence-corrected chi connectivity index (χ4v) is 2.73. The minimum atomic E-state index is -0.817. The van der Waals surface area contributed by atoms with Gasteiger partial charge in [0, 0.05) is 6.42 Å². The van der Waals surface area contributed by atoms with Gasteiger partial charge in [0.2, 0.25) is 0 Å². The van der Waals surface area contributed by atoms with Crippen LogP contribution < -0.4 is 10.1 Å². The molecule has 1 heterocycles. The second-order valence-electron chi connectivity index (χ2n) is 5.59. The highest BCUT2D eigenvalue weighted by atomic mass is 35.5. The lowest BCUT2D eigenvalue weighted by atomic mass is 10.00. The van der Waals surface area contributed by atoms with E-state index in [4.69, 9.17) is 21.4 Å². The first-order chi connectivity index (χ1) is 12.6. The van der Waals surface area contributed by atoms with Gasteiger partial charge >= 0.3 is 5.97 Å². The number of methoxy groups -OCH3 is 1. The minimum absolute atomic E-state index is 0.0937. The molecule has 0 radical (unpaired) electrons. The van der Waals surface area contributed by atoms with Crippen LogP contribution in [-0.2, 0) is 4.79 Å². The molecule has 2 rings (SSSR count). The summed E-state index contributed by atoms with van der Waals surface area (Å²) in [5.74, 6) is -0.104. The van der Waals surface area contributed by atoms with Crippen LogP contribution in [0.15, 0.2) is 30.6 Å². The van der Waals surface area contributed by atoms with Gasteiger partial charge in [0.25, 0.3) is 0 Å². The summed E-state index contributed by atoms with van der Waals surface area (Å²) in [4.78, 5) is 30.2. The molecule has 2 aromatic rings. The Hall–Kier alpha value is -2.51. The number of hydrogen-bond acceptors (Lipinski definition) is 6. The average molecular weight is 378 g/mol. The van der Waals surface area contributed by atoms with Crippen LogP contribution in [0, 0.1) is 0 Å². The molecule has 0 aliphatic heterocycles. The summed E-state index contributed by atoms with van der Waals surface area (Å²) >= 11 is 6.03. The molecule has 0 aliphatic carbocycles. The van der Waals surface area contributed by atoms with Crippen LogP contribution in [0.5, 0.6) is 5.75 Å². The number of carboxylic acids is 1. The first-order valence-electron chi connectivity index (χ1n) is 8.11. The van der Waals surface area contributed by atoms with Crippen LogP contribution in [0.3, 0.4) is 0 Å². The number of aromatic nitrogens is 2. The Morgan fingerprint density at radius 1 is 1.31 bits per heavy atom. The van der Waals surface area contributed by atoms with Gasteiger partial charge in [0.15, 0.2) is 6.29 Å². The monoisotopic (exact) mass is 377 g/mol. The van der Waals surface area contributed by atoms with Crippen molar-refractivity contribution >= 4 is 23.9 Å². The number of ether oxygens (including phenoxy) is 1. The van der Waals surface area contributed by atoms with Gasteiger partial charge in [-0.05, 0) is 37.1 Å². The van der Waals surface area contributed by atoms with E-state index in [1.54, 1.807) is 7.11 Å². The smallest absolute Gasteiger partial charge is 0.303 e. The molecule has 0 saturated carbocycles. The maximum Gasteiger partial charge on any atom is 0.303 e. The highest BCUT2D eigenvalue weighted by Crippen LogP contribution is 2.27. The average Bonchev–Trinajstić information content (AvgIpc) is 2.64. The minimum Gasteiger partial charge on any atom is -0.497 e.